The minimum atomic E-state index is 0.465. The van der Waals surface area contributed by atoms with E-state index in [0.29, 0.717) is 6.04 Å². The first-order valence-corrected chi connectivity index (χ1v) is 8.65. The molecule has 0 spiro atoms. The summed E-state index contributed by atoms with van der Waals surface area (Å²) in [4.78, 5) is 7.09. The second-order valence-corrected chi connectivity index (χ2v) is 7.04. The first-order valence-electron chi connectivity index (χ1n) is 6.95. The predicted molar refractivity (Wildman–Crippen MR) is 84.3 cm³/mol. The van der Waals surface area contributed by atoms with Crippen molar-refractivity contribution in [2.75, 3.05) is 26.2 Å². The maximum Gasteiger partial charge on any atom is 0.0790 e. The van der Waals surface area contributed by atoms with Gasteiger partial charge in [-0.2, -0.15) is 0 Å². The molecule has 0 saturated carbocycles. The average Bonchev–Trinajstić information content (AvgIpc) is 3.12. The molecule has 2 aromatic rings. The summed E-state index contributed by atoms with van der Waals surface area (Å²) in [5.41, 5.74) is 0. The summed E-state index contributed by atoms with van der Waals surface area (Å²) in [6.45, 7) is 6.73. The molecule has 3 heterocycles. The van der Waals surface area contributed by atoms with Crippen LogP contribution in [0.4, 0.5) is 0 Å². The molecule has 1 aliphatic heterocycles. The zero-order chi connectivity index (χ0) is 13.1. The Bertz CT molecular complexity index is 498. The Morgan fingerprint density at radius 2 is 2.05 bits per heavy atom. The average molecular weight is 292 g/mol. The van der Waals surface area contributed by atoms with Gasteiger partial charge in [0.2, 0.25) is 0 Å². The lowest BCUT2D eigenvalue weighted by Gasteiger charge is -2.34. The third-order valence-corrected chi connectivity index (χ3v) is 5.84. The van der Waals surface area contributed by atoms with Crippen LogP contribution in [0, 0.1) is 0 Å². The summed E-state index contributed by atoms with van der Waals surface area (Å²) in [6.07, 6.45) is 1.14. The number of nitrogens with zero attached hydrogens (tertiary/aromatic N) is 1. The first kappa shape index (κ1) is 13.3. The number of aryl methyl sites for hydroxylation is 1. The van der Waals surface area contributed by atoms with Gasteiger partial charge in [0.05, 0.1) is 6.04 Å². The molecule has 0 unspecified atom stereocenters. The summed E-state index contributed by atoms with van der Waals surface area (Å²) >= 11 is 3.86. The topological polar surface area (TPSA) is 15.3 Å². The van der Waals surface area contributed by atoms with Crippen molar-refractivity contribution in [3.63, 3.8) is 0 Å². The third-order valence-electron chi connectivity index (χ3n) is 3.63. The molecule has 2 nitrogen and oxygen atoms in total. The van der Waals surface area contributed by atoms with E-state index in [-0.39, 0.29) is 0 Å². The van der Waals surface area contributed by atoms with Gasteiger partial charge in [0, 0.05) is 40.8 Å². The van der Waals surface area contributed by atoms with E-state index >= 15 is 0 Å². The monoisotopic (exact) mass is 292 g/mol. The number of rotatable bonds is 4. The Labute approximate surface area is 123 Å². The zero-order valence-corrected chi connectivity index (χ0v) is 12.9. The van der Waals surface area contributed by atoms with Crippen LogP contribution in [-0.4, -0.2) is 31.1 Å². The highest BCUT2D eigenvalue weighted by Gasteiger charge is 2.25. The fourth-order valence-corrected chi connectivity index (χ4v) is 4.68. The van der Waals surface area contributed by atoms with E-state index in [2.05, 4.69) is 46.8 Å². The summed E-state index contributed by atoms with van der Waals surface area (Å²) < 4.78 is 0. The number of piperazine rings is 1. The molecule has 19 heavy (non-hydrogen) atoms. The second-order valence-electron chi connectivity index (χ2n) is 4.86. The van der Waals surface area contributed by atoms with Crippen molar-refractivity contribution < 1.29 is 0 Å². The van der Waals surface area contributed by atoms with Crippen LogP contribution in [-0.2, 0) is 6.42 Å². The van der Waals surface area contributed by atoms with Crippen LogP contribution in [0.3, 0.4) is 0 Å². The van der Waals surface area contributed by atoms with Gasteiger partial charge >= 0.3 is 0 Å². The molecular weight excluding hydrogens is 272 g/mol. The minimum Gasteiger partial charge on any atom is -0.314 e. The lowest BCUT2D eigenvalue weighted by atomic mass is 10.1. The highest BCUT2D eigenvalue weighted by molar-refractivity contribution is 7.13. The van der Waals surface area contributed by atoms with Crippen molar-refractivity contribution in [3.8, 4) is 0 Å². The molecule has 0 aliphatic carbocycles. The predicted octanol–water partition coefficient (Wildman–Crippen LogP) is 3.37. The second kappa shape index (κ2) is 6.18. The van der Waals surface area contributed by atoms with Gasteiger partial charge in [-0.25, -0.2) is 0 Å². The van der Waals surface area contributed by atoms with Crippen molar-refractivity contribution in [2.24, 2.45) is 0 Å². The van der Waals surface area contributed by atoms with Gasteiger partial charge in [0.15, 0.2) is 0 Å². The third kappa shape index (κ3) is 2.92. The highest BCUT2D eigenvalue weighted by atomic mass is 32.1. The zero-order valence-electron chi connectivity index (χ0n) is 11.3. The standard InChI is InChI=1S/C15H20N2S2/c1-2-12-5-6-14(19-12)15(13-4-3-11-18-13)17-9-7-16-8-10-17/h3-6,11,15-16H,2,7-10H2,1H3/t15-/m1/s1. The van der Waals surface area contributed by atoms with Gasteiger partial charge in [-0.3, -0.25) is 4.90 Å². The van der Waals surface area contributed by atoms with E-state index in [1.54, 1.807) is 0 Å². The molecule has 0 radical (unpaired) electrons. The maximum absolute atomic E-state index is 3.45. The van der Waals surface area contributed by atoms with E-state index in [9.17, 15) is 0 Å². The highest BCUT2D eigenvalue weighted by Crippen LogP contribution is 2.35. The smallest absolute Gasteiger partial charge is 0.0790 e. The van der Waals surface area contributed by atoms with Crippen LogP contribution in [0.15, 0.2) is 29.6 Å². The molecule has 1 atom stereocenters. The van der Waals surface area contributed by atoms with Crippen molar-refractivity contribution in [1.82, 2.24) is 10.2 Å². The lowest BCUT2D eigenvalue weighted by Crippen LogP contribution is -2.45. The molecule has 1 aliphatic rings. The van der Waals surface area contributed by atoms with Crippen LogP contribution in [0.2, 0.25) is 0 Å². The van der Waals surface area contributed by atoms with E-state index in [0.717, 1.165) is 32.6 Å². The van der Waals surface area contributed by atoms with Gasteiger partial charge < -0.3 is 5.32 Å². The lowest BCUT2D eigenvalue weighted by molar-refractivity contribution is 0.203. The normalized spacial score (nSPS) is 18.6. The first-order chi connectivity index (χ1) is 9.38. The molecule has 0 bridgehead atoms. The van der Waals surface area contributed by atoms with Gasteiger partial charge in [0.1, 0.15) is 0 Å². The van der Waals surface area contributed by atoms with Crippen molar-refractivity contribution in [3.05, 3.63) is 44.3 Å². The Kier molecular flexibility index (Phi) is 4.33. The van der Waals surface area contributed by atoms with Gasteiger partial charge in [-0.05, 0) is 30.0 Å². The SMILES string of the molecule is CCc1ccc([C@@H](c2cccs2)N2CCNCC2)s1. The minimum absolute atomic E-state index is 0.465. The summed E-state index contributed by atoms with van der Waals surface area (Å²) in [6, 6.07) is 9.54. The number of nitrogens with one attached hydrogen (secondary N) is 1. The molecule has 2 aromatic heterocycles. The summed E-state index contributed by atoms with van der Waals surface area (Å²) in [5, 5.41) is 5.64. The van der Waals surface area contributed by atoms with Gasteiger partial charge in [0.25, 0.3) is 0 Å². The molecule has 0 amide bonds. The largest absolute Gasteiger partial charge is 0.314 e. The van der Waals surface area contributed by atoms with Crippen LogP contribution in [0.1, 0.15) is 27.6 Å². The van der Waals surface area contributed by atoms with Crippen LogP contribution in [0.5, 0.6) is 0 Å². The van der Waals surface area contributed by atoms with Crippen molar-refractivity contribution in [2.45, 2.75) is 19.4 Å². The van der Waals surface area contributed by atoms with E-state index in [1.807, 2.05) is 22.7 Å². The molecule has 4 heteroatoms. The van der Waals surface area contributed by atoms with Crippen LogP contribution < -0.4 is 5.32 Å². The van der Waals surface area contributed by atoms with Gasteiger partial charge in [-0.1, -0.05) is 13.0 Å². The van der Waals surface area contributed by atoms with E-state index < -0.39 is 0 Å². The quantitative estimate of drug-likeness (QED) is 0.929. The Morgan fingerprint density at radius 3 is 2.68 bits per heavy atom. The molecule has 1 fully saturated rings. The number of thiophene rings is 2. The molecule has 3 rings (SSSR count). The number of hydrogen-bond donors (Lipinski definition) is 1. The fraction of sp³-hybridized carbons (Fsp3) is 0.467. The molecular formula is C15H20N2S2. The molecule has 0 aromatic carbocycles. The van der Waals surface area contributed by atoms with Crippen LogP contribution >= 0.6 is 22.7 Å². The Balaban J connectivity index is 1.91. The Hall–Kier alpha value is -0.680. The van der Waals surface area contributed by atoms with E-state index in [1.165, 1.54) is 14.6 Å². The molecule has 1 saturated heterocycles. The Morgan fingerprint density at radius 1 is 1.21 bits per heavy atom. The summed E-state index contributed by atoms with van der Waals surface area (Å²) in [5.74, 6) is 0. The van der Waals surface area contributed by atoms with Crippen molar-refractivity contribution >= 4 is 22.7 Å². The fourth-order valence-electron chi connectivity index (χ4n) is 2.62. The van der Waals surface area contributed by atoms with Gasteiger partial charge in [-0.15, -0.1) is 22.7 Å². The summed E-state index contributed by atoms with van der Waals surface area (Å²) in [7, 11) is 0. The molecule has 102 valence electrons. The molecule has 1 N–H and O–H groups in total. The van der Waals surface area contributed by atoms with Crippen LogP contribution in [0.25, 0.3) is 0 Å². The van der Waals surface area contributed by atoms with E-state index in [4.69, 9.17) is 0 Å². The van der Waals surface area contributed by atoms with Crippen molar-refractivity contribution in [1.29, 1.82) is 0 Å². The number of hydrogen-bond acceptors (Lipinski definition) is 4. The maximum atomic E-state index is 3.45.